The van der Waals surface area contributed by atoms with Crippen LogP contribution in [0.1, 0.15) is 12.8 Å². The topological polar surface area (TPSA) is 0 Å². The van der Waals surface area contributed by atoms with Crippen LogP contribution in [0.4, 0.5) is 0 Å². The highest BCUT2D eigenvalue weighted by Crippen LogP contribution is 2.04. The molecule has 1 aliphatic carbocycles. The first kappa shape index (κ1) is 8.96. The molecule has 0 spiro atoms. The summed E-state index contributed by atoms with van der Waals surface area (Å²) >= 11 is 0. The summed E-state index contributed by atoms with van der Waals surface area (Å²) in [5.74, 6) is 0. The molecule has 0 amide bonds. The van der Waals surface area contributed by atoms with Crippen LogP contribution in [0.2, 0.25) is 0 Å². The first-order chi connectivity index (χ1) is 4.89. The number of hydrogen-bond donors (Lipinski definition) is 0. The molecule has 1 aliphatic rings. The fraction of sp³-hybridized carbons (Fsp3) is 0.200. The van der Waals surface area contributed by atoms with E-state index in [2.05, 4.69) is 44.0 Å². The van der Waals surface area contributed by atoms with Crippen LogP contribution in [0, 0.1) is 0 Å². The maximum Gasteiger partial charge on any atom is -0.0313 e. The van der Waals surface area contributed by atoms with E-state index < -0.39 is 0 Å². The van der Waals surface area contributed by atoms with Gasteiger partial charge in [-0.1, -0.05) is 30.9 Å². The molecule has 0 unspecified atom stereocenters. The summed E-state index contributed by atoms with van der Waals surface area (Å²) in [6, 6.07) is 0. The third-order valence-electron chi connectivity index (χ3n) is 1.16. The Balaban J connectivity index is 0.000000371. The van der Waals surface area contributed by atoms with E-state index in [9.17, 15) is 0 Å². The van der Waals surface area contributed by atoms with Gasteiger partial charge in [-0.2, -0.15) is 0 Å². The molecule has 0 radical (unpaired) electrons. The van der Waals surface area contributed by atoms with Crippen LogP contribution in [0.25, 0.3) is 0 Å². The van der Waals surface area contributed by atoms with Gasteiger partial charge in [0.2, 0.25) is 0 Å². The number of hydrogen-bond acceptors (Lipinski definition) is 0. The Morgan fingerprint density at radius 2 is 1.40 bits per heavy atom. The normalized spacial score (nSPS) is 15.4. The summed E-state index contributed by atoms with van der Waals surface area (Å²) in [6.07, 6.45) is 10.8. The molecule has 54 valence electrons. The van der Waals surface area contributed by atoms with Crippen LogP contribution in [0.15, 0.2) is 49.6 Å². The van der Waals surface area contributed by atoms with E-state index >= 15 is 0 Å². The highest BCUT2D eigenvalue weighted by atomic mass is 13.9. The Morgan fingerprint density at radius 3 is 1.80 bits per heavy atom. The van der Waals surface area contributed by atoms with Gasteiger partial charge in [0, 0.05) is 0 Å². The predicted molar refractivity (Wildman–Crippen MR) is 47.9 cm³/mol. The van der Waals surface area contributed by atoms with E-state index in [1.54, 1.807) is 0 Å². The molecule has 0 bridgehead atoms. The van der Waals surface area contributed by atoms with Crippen molar-refractivity contribution in [3.05, 3.63) is 49.6 Å². The maximum absolute atomic E-state index is 3.80. The molecule has 0 aliphatic heterocycles. The third-order valence-corrected chi connectivity index (χ3v) is 1.16. The zero-order valence-electron chi connectivity index (χ0n) is 6.34. The monoisotopic (exact) mass is 134 g/mol. The highest BCUT2D eigenvalue weighted by Gasteiger charge is 1.84. The molecule has 0 atom stereocenters. The van der Waals surface area contributed by atoms with Crippen molar-refractivity contribution in [3.8, 4) is 0 Å². The Hall–Kier alpha value is -1.04. The van der Waals surface area contributed by atoms with Crippen molar-refractivity contribution in [2.45, 2.75) is 12.8 Å². The smallest absolute Gasteiger partial charge is 0.0313 e. The quantitative estimate of drug-likeness (QED) is 0.446. The van der Waals surface area contributed by atoms with Gasteiger partial charge < -0.3 is 0 Å². The van der Waals surface area contributed by atoms with E-state index in [-0.39, 0.29) is 0 Å². The first-order valence-electron chi connectivity index (χ1n) is 3.41. The van der Waals surface area contributed by atoms with E-state index in [1.165, 1.54) is 0 Å². The zero-order valence-corrected chi connectivity index (χ0v) is 6.34. The molecule has 0 fully saturated rings. The average molecular weight is 134 g/mol. The second kappa shape index (κ2) is 6.09. The molecule has 1 rings (SSSR count). The molecule has 0 N–H and O–H groups in total. The van der Waals surface area contributed by atoms with Crippen LogP contribution in [0.3, 0.4) is 0 Å². The SMILES string of the molecule is C=C.C=C1C=CCCC=C1. The maximum atomic E-state index is 3.80. The lowest BCUT2D eigenvalue weighted by molar-refractivity contribution is 1.06. The van der Waals surface area contributed by atoms with Gasteiger partial charge >= 0.3 is 0 Å². The minimum Gasteiger partial charge on any atom is -0.106 e. The molecule has 0 aromatic rings. The van der Waals surface area contributed by atoms with E-state index in [0.717, 1.165) is 18.4 Å². The largest absolute Gasteiger partial charge is 0.106 e. The Kier molecular flexibility index (Phi) is 5.45. The molecular weight excluding hydrogens is 120 g/mol. The lowest BCUT2D eigenvalue weighted by Crippen LogP contribution is -1.58. The van der Waals surface area contributed by atoms with Crippen LogP contribution in [0.5, 0.6) is 0 Å². The van der Waals surface area contributed by atoms with Crippen LogP contribution in [-0.2, 0) is 0 Å². The number of rotatable bonds is 0. The van der Waals surface area contributed by atoms with Crippen molar-refractivity contribution in [2.75, 3.05) is 0 Å². The van der Waals surface area contributed by atoms with E-state index in [4.69, 9.17) is 0 Å². The summed E-state index contributed by atoms with van der Waals surface area (Å²) in [5.41, 5.74) is 1.11. The first-order valence-corrected chi connectivity index (χ1v) is 3.41. The minimum absolute atomic E-state index is 1.11. The van der Waals surface area contributed by atoms with Crippen molar-refractivity contribution in [2.24, 2.45) is 0 Å². The van der Waals surface area contributed by atoms with Gasteiger partial charge in [-0.3, -0.25) is 0 Å². The van der Waals surface area contributed by atoms with Crippen LogP contribution >= 0.6 is 0 Å². The predicted octanol–water partition coefficient (Wildman–Crippen LogP) is 3.25. The van der Waals surface area contributed by atoms with Crippen molar-refractivity contribution in [1.29, 1.82) is 0 Å². The second-order valence-electron chi connectivity index (χ2n) is 1.96. The second-order valence-corrected chi connectivity index (χ2v) is 1.96. The third kappa shape index (κ3) is 3.90. The molecule has 0 saturated carbocycles. The Labute approximate surface area is 63.3 Å². The molecule has 10 heavy (non-hydrogen) atoms. The molecule has 0 nitrogen and oxygen atoms in total. The Morgan fingerprint density at radius 1 is 1.00 bits per heavy atom. The average Bonchev–Trinajstić information content (AvgIpc) is 2.21. The van der Waals surface area contributed by atoms with Gasteiger partial charge in [-0.15, -0.1) is 13.2 Å². The van der Waals surface area contributed by atoms with Gasteiger partial charge in [0.05, 0.1) is 0 Å². The summed E-state index contributed by atoms with van der Waals surface area (Å²) in [4.78, 5) is 0. The van der Waals surface area contributed by atoms with Gasteiger partial charge in [0.15, 0.2) is 0 Å². The number of allylic oxidation sites excluding steroid dienone is 5. The van der Waals surface area contributed by atoms with Crippen molar-refractivity contribution in [1.82, 2.24) is 0 Å². The fourth-order valence-corrected chi connectivity index (χ4v) is 0.717. The lowest BCUT2D eigenvalue weighted by atomic mass is 10.3. The summed E-state index contributed by atoms with van der Waals surface area (Å²) < 4.78 is 0. The molecular formula is C10H14. The lowest BCUT2D eigenvalue weighted by Gasteiger charge is -1.79. The molecule has 0 heterocycles. The molecule has 0 aromatic heterocycles. The molecule has 0 saturated heterocycles. The zero-order chi connectivity index (χ0) is 7.82. The van der Waals surface area contributed by atoms with Crippen molar-refractivity contribution >= 4 is 0 Å². The summed E-state index contributed by atoms with van der Waals surface area (Å²) in [6.45, 7) is 9.80. The fourth-order valence-electron chi connectivity index (χ4n) is 0.717. The van der Waals surface area contributed by atoms with E-state index in [1.807, 2.05) is 0 Å². The highest BCUT2D eigenvalue weighted by molar-refractivity contribution is 5.28. The summed E-state index contributed by atoms with van der Waals surface area (Å²) in [5, 5.41) is 0. The van der Waals surface area contributed by atoms with Crippen molar-refractivity contribution in [3.63, 3.8) is 0 Å². The van der Waals surface area contributed by atoms with Crippen LogP contribution in [-0.4, -0.2) is 0 Å². The Bertz CT molecular complexity index is 133. The van der Waals surface area contributed by atoms with Crippen molar-refractivity contribution < 1.29 is 0 Å². The standard InChI is InChI=1S/C8H10.C2H4/c1-8-6-4-2-3-5-7-8;1-2/h4-7H,1-3H2;1-2H2. The summed E-state index contributed by atoms with van der Waals surface area (Å²) in [7, 11) is 0. The molecule has 0 heteroatoms. The van der Waals surface area contributed by atoms with Crippen LogP contribution < -0.4 is 0 Å². The van der Waals surface area contributed by atoms with Gasteiger partial charge in [0.25, 0.3) is 0 Å². The minimum atomic E-state index is 1.11. The van der Waals surface area contributed by atoms with Gasteiger partial charge in [0.1, 0.15) is 0 Å². The van der Waals surface area contributed by atoms with E-state index in [0.29, 0.717) is 0 Å². The van der Waals surface area contributed by atoms with Gasteiger partial charge in [-0.25, -0.2) is 0 Å². The van der Waals surface area contributed by atoms with Gasteiger partial charge in [-0.05, 0) is 18.4 Å². The molecule has 0 aromatic carbocycles.